The maximum atomic E-state index is 10.7. The summed E-state index contributed by atoms with van der Waals surface area (Å²) in [5.74, 6) is -1.02. The highest BCUT2D eigenvalue weighted by Gasteiger charge is 2.32. The molecular formula is C10H14N2O3. The molecule has 1 aromatic rings. The molecule has 2 N–H and O–H groups in total. The summed E-state index contributed by atoms with van der Waals surface area (Å²) in [4.78, 5) is 10.7. The van der Waals surface area contributed by atoms with E-state index in [0.29, 0.717) is 0 Å². The van der Waals surface area contributed by atoms with E-state index in [4.69, 9.17) is 9.84 Å². The van der Waals surface area contributed by atoms with Crippen molar-refractivity contribution in [1.82, 2.24) is 10.2 Å². The van der Waals surface area contributed by atoms with Crippen molar-refractivity contribution in [2.24, 2.45) is 0 Å². The van der Waals surface area contributed by atoms with Crippen LogP contribution in [0, 0.1) is 0 Å². The summed E-state index contributed by atoms with van der Waals surface area (Å²) in [5.41, 5.74) is 0.388. The molecule has 1 aliphatic heterocycles. The van der Waals surface area contributed by atoms with Gasteiger partial charge < -0.3 is 9.84 Å². The molecule has 82 valence electrons. The molecule has 5 heteroatoms. The molecule has 0 aromatic carbocycles. The van der Waals surface area contributed by atoms with Gasteiger partial charge in [0.1, 0.15) is 5.60 Å². The predicted octanol–water partition coefficient (Wildman–Crippen LogP) is 1.52. The number of nitrogens with one attached hydrogen (secondary N) is 1. The van der Waals surface area contributed by atoms with Gasteiger partial charge in [-0.15, -0.1) is 0 Å². The Morgan fingerprint density at radius 3 is 3.00 bits per heavy atom. The number of carboxylic acid groups (broad SMARTS) is 1. The molecular weight excluding hydrogens is 196 g/mol. The molecule has 0 bridgehead atoms. The smallest absolute Gasteiger partial charge is 0.356 e. The number of hydrogen-bond donors (Lipinski definition) is 2. The molecule has 5 nitrogen and oxygen atoms in total. The zero-order chi connectivity index (χ0) is 10.9. The molecule has 1 unspecified atom stereocenters. The second kappa shape index (κ2) is 3.66. The van der Waals surface area contributed by atoms with Crippen LogP contribution in [0.4, 0.5) is 0 Å². The van der Waals surface area contributed by atoms with Gasteiger partial charge in [-0.2, -0.15) is 5.10 Å². The van der Waals surface area contributed by atoms with Crippen LogP contribution in [0.5, 0.6) is 0 Å². The SMILES string of the molecule is CC1(c2cc(C(=O)O)n[nH]2)CCCCO1. The van der Waals surface area contributed by atoms with E-state index in [2.05, 4.69) is 10.2 Å². The van der Waals surface area contributed by atoms with Crippen molar-refractivity contribution in [2.45, 2.75) is 31.8 Å². The summed E-state index contributed by atoms with van der Waals surface area (Å²) in [6, 6.07) is 1.55. The van der Waals surface area contributed by atoms with Gasteiger partial charge >= 0.3 is 5.97 Å². The lowest BCUT2D eigenvalue weighted by Crippen LogP contribution is -2.30. The Morgan fingerprint density at radius 2 is 2.47 bits per heavy atom. The minimum absolute atomic E-state index is 0.0420. The number of nitrogens with zero attached hydrogens (tertiary/aromatic N) is 1. The molecule has 1 fully saturated rings. The van der Waals surface area contributed by atoms with Gasteiger partial charge in [0.15, 0.2) is 5.69 Å². The van der Waals surface area contributed by atoms with Crippen molar-refractivity contribution >= 4 is 5.97 Å². The Hall–Kier alpha value is -1.36. The molecule has 0 aliphatic carbocycles. The van der Waals surface area contributed by atoms with Gasteiger partial charge in [0.05, 0.1) is 5.69 Å². The number of ether oxygens (including phenoxy) is 1. The number of carboxylic acids is 1. The molecule has 1 aliphatic rings. The van der Waals surface area contributed by atoms with Crippen molar-refractivity contribution in [3.63, 3.8) is 0 Å². The van der Waals surface area contributed by atoms with Gasteiger partial charge in [-0.3, -0.25) is 5.10 Å². The third-order valence-corrected chi connectivity index (χ3v) is 2.84. The number of aromatic carboxylic acids is 1. The fourth-order valence-corrected chi connectivity index (χ4v) is 1.85. The van der Waals surface area contributed by atoms with E-state index in [1.54, 1.807) is 6.07 Å². The van der Waals surface area contributed by atoms with Crippen LogP contribution in [0.3, 0.4) is 0 Å². The molecule has 2 heterocycles. The molecule has 0 radical (unpaired) electrons. The molecule has 0 saturated carbocycles. The summed E-state index contributed by atoms with van der Waals surface area (Å²) in [6.45, 7) is 2.68. The molecule has 1 saturated heterocycles. The average molecular weight is 210 g/mol. The van der Waals surface area contributed by atoms with Gasteiger partial charge in [-0.05, 0) is 32.3 Å². The Morgan fingerprint density at radius 1 is 1.67 bits per heavy atom. The van der Waals surface area contributed by atoms with Crippen LogP contribution in [-0.4, -0.2) is 27.9 Å². The number of aromatic nitrogens is 2. The summed E-state index contributed by atoms with van der Waals surface area (Å²) < 4.78 is 5.68. The van der Waals surface area contributed by atoms with Crippen LogP contribution in [0.1, 0.15) is 42.4 Å². The van der Waals surface area contributed by atoms with Crippen LogP contribution in [0.25, 0.3) is 0 Å². The first kappa shape index (κ1) is 10.2. The Bertz CT molecular complexity index is 366. The van der Waals surface area contributed by atoms with Crippen molar-refractivity contribution in [1.29, 1.82) is 0 Å². The highest BCUT2D eigenvalue weighted by atomic mass is 16.5. The topological polar surface area (TPSA) is 75.2 Å². The second-order valence-electron chi connectivity index (χ2n) is 4.01. The van der Waals surface area contributed by atoms with Crippen molar-refractivity contribution in [3.8, 4) is 0 Å². The van der Waals surface area contributed by atoms with E-state index in [-0.39, 0.29) is 5.69 Å². The maximum absolute atomic E-state index is 10.7. The molecule has 15 heavy (non-hydrogen) atoms. The Labute approximate surface area is 87.4 Å². The van der Waals surface area contributed by atoms with Crippen LogP contribution in [0.15, 0.2) is 6.07 Å². The predicted molar refractivity (Wildman–Crippen MR) is 52.7 cm³/mol. The van der Waals surface area contributed by atoms with Crippen LogP contribution < -0.4 is 0 Å². The van der Waals surface area contributed by atoms with Crippen LogP contribution in [0.2, 0.25) is 0 Å². The van der Waals surface area contributed by atoms with Gasteiger partial charge in [0.2, 0.25) is 0 Å². The quantitative estimate of drug-likeness (QED) is 0.776. The van der Waals surface area contributed by atoms with Gasteiger partial charge in [-0.1, -0.05) is 0 Å². The van der Waals surface area contributed by atoms with Crippen molar-refractivity contribution in [2.75, 3.05) is 6.61 Å². The van der Waals surface area contributed by atoms with Crippen molar-refractivity contribution in [3.05, 3.63) is 17.5 Å². The third kappa shape index (κ3) is 1.87. The van der Waals surface area contributed by atoms with Gasteiger partial charge in [0, 0.05) is 6.61 Å². The lowest BCUT2D eigenvalue weighted by Gasteiger charge is -2.32. The van der Waals surface area contributed by atoms with E-state index in [1.165, 1.54) is 0 Å². The molecule has 1 atom stereocenters. The maximum Gasteiger partial charge on any atom is 0.356 e. The summed E-state index contributed by atoms with van der Waals surface area (Å²) in [7, 11) is 0. The lowest BCUT2D eigenvalue weighted by atomic mass is 9.92. The van der Waals surface area contributed by atoms with Gasteiger partial charge in [-0.25, -0.2) is 4.79 Å². The lowest BCUT2D eigenvalue weighted by molar-refractivity contribution is -0.0730. The highest BCUT2D eigenvalue weighted by molar-refractivity contribution is 5.85. The van der Waals surface area contributed by atoms with E-state index in [0.717, 1.165) is 31.6 Å². The third-order valence-electron chi connectivity index (χ3n) is 2.84. The summed E-state index contributed by atoms with van der Waals surface area (Å²) in [6.07, 6.45) is 3.06. The fraction of sp³-hybridized carbons (Fsp3) is 0.600. The van der Waals surface area contributed by atoms with E-state index >= 15 is 0 Å². The fourth-order valence-electron chi connectivity index (χ4n) is 1.85. The number of H-pyrrole nitrogens is 1. The minimum atomic E-state index is -1.02. The van der Waals surface area contributed by atoms with E-state index in [9.17, 15) is 4.79 Å². The normalized spacial score (nSPS) is 26.5. The Balaban J connectivity index is 2.23. The Kier molecular flexibility index (Phi) is 2.48. The molecule has 2 rings (SSSR count). The number of rotatable bonds is 2. The second-order valence-corrected chi connectivity index (χ2v) is 4.01. The standard InChI is InChI=1S/C10H14N2O3/c1-10(4-2-3-5-15-10)8-6-7(9(13)14)11-12-8/h6H,2-5H2,1H3,(H,11,12)(H,13,14). The largest absolute Gasteiger partial charge is 0.476 e. The summed E-state index contributed by atoms with van der Waals surface area (Å²) >= 11 is 0. The zero-order valence-corrected chi connectivity index (χ0v) is 8.62. The zero-order valence-electron chi connectivity index (χ0n) is 8.62. The van der Waals surface area contributed by atoms with Crippen LogP contribution >= 0.6 is 0 Å². The van der Waals surface area contributed by atoms with Gasteiger partial charge in [0.25, 0.3) is 0 Å². The first-order chi connectivity index (χ1) is 7.12. The number of hydrogen-bond acceptors (Lipinski definition) is 3. The highest BCUT2D eigenvalue weighted by Crippen LogP contribution is 2.33. The van der Waals surface area contributed by atoms with E-state index < -0.39 is 11.6 Å². The molecule has 0 spiro atoms. The monoisotopic (exact) mass is 210 g/mol. The van der Waals surface area contributed by atoms with Crippen molar-refractivity contribution < 1.29 is 14.6 Å². The summed E-state index contributed by atoms with van der Waals surface area (Å²) in [5, 5.41) is 15.2. The molecule has 0 amide bonds. The van der Waals surface area contributed by atoms with Crippen LogP contribution in [-0.2, 0) is 10.3 Å². The number of carbonyl (C=O) groups is 1. The molecule has 1 aromatic heterocycles. The number of aromatic amines is 1. The average Bonchev–Trinajstić information content (AvgIpc) is 2.68. The minimum Gasteiger partial charge on any atom is -0.476 e. The van der Waals surface area contributed by atoms with E-state index in [1.807, 2.05) is 6.92 Å². The first-order valence-corrected chi connectivity index (χ1v) is 5.05. The first-order valence-electron chi connectivity index (χ1n) is 5.05.